The first kappa shape index (κ1) is 18.9. The number of allylic oxidation sites excluding steroid dienone is 5. The van der Waals surface area contributed by atoms with E-state index in [4.69, 9.17) is 4.98 Å². The summed E-state index contributed by atoms with van der Waals surface area (Å²) in [6.07, 6.45) is 8.36. The molecule has 0 bridgehead atoms. The summed E-state index contributed by atoms with van der Waals surface area (Å²) in [5.74, 6) is 0.678. The van der Waals surface area contributed by atoms with E-state index in [1.54, 1.807) is 6.08 Å². The summed E-state index contributed by atoms with van der Waals surface area (Å²) in [6.45, 7) is 9.92. The van der Waals surface area contributed by atoms with Crippen LogP contribution in [0.1, 0.15) is 39.1 Å². The van der Waals surface area contributed by atoms with Gasteiger partial charge in [0.2, 0.25) is 0 Å². The average molecular weight is 337 g/mol. The molecule has 4 nitrogen and oxygen atoms in total. The van der Waals surface area contributed by atoms with E-state index < -0.39 is 0 Å². The van der Waals surface area contributed by atoms with Gasteiger partial charge in [-0.2, -0.15) is 0 Å². The molecule has 0 aliphatic rings. The highest BCUT2D eigenvalue weighted by Crippen LogP contribution is 2.22. The number of fused-ring (bicyclic) bond motifs is 1. The molecule has 4 heteroatoms. The van der Waals surface area contributed by atoms with Gasteiger partial charge >= 0.3 is 0 Å². The summed E-state index contributed by atoms with van der Waals surface area (Å²) in [7, 11) is 1.93. The molecule has 2 aromatic rings. The van der Waals surface area contributed by atoms with Gasteiger partial charge in [-0.15, -0.1) is 0 Å². The van der Waals surface area contributed by atoms with Gasteiger partial charge < -0.3 is 5.32 Å². The van der Waals surface area contributed by atoms with Crippen molar-refractivity contribution in [1.29, 1.82) is 0 Å². The van der Waals surface area contributed by atoms with E-state index in [0.29, 0.717) is 22.8 Å². The number of hydrogen-bond donors (Lipinski definition) is 1. The van der Waals surface area contributed by atoms with E-state index in [2.05, 4.69) is 25.7 Å². The Hall–Kier alpha value is -2.46. The summed E-state index contributed by atoms with van der Waals surface area (Å²) in [6, 6.07) is 7.82. The second-order valence-electron chi connectivity index (χ2n) is 6.26. The van der Waals surface area contributed by atoms with Crippen molar-refractivity contribution in [2.75, 3.05) is 7.05 Å². The number of hydrogen-bond acceptors (Lipinski definition) is 3. The zero-order chi connectivity index (χ0) is 18.4. The number of rotatable bonds is 7. The number of benzene rings is 1. The monoisotopic (exact) mass is 337 g/mol. The Labute approximate surface area is 149 Å². The number of para-hydroxylation sites is 1. The van der Waals surface area contributed by atoms with Crippen LogP contribution in [0.4, 0.5) is 0 Å². The van der Waals surface area contributed by atoms with Gasteiger partial charge in [-0.05, 0) is 46.4 Å². The molecule has 0 aliphatic carbocycles. The van der Waals surface area contributed by atoms with E-state index in [1.807, 2.05) is 61.0 Å². The standard InChI is InChI=1S/C21H27N3O/c1-6-10-17(11-7-2)20-23-19-13-9-8-12-18(19)21(25)24(20)16(4)14-15(3)22-5/h6-13,15-16,22H,1,14H2,2-5H3/b11-7-,17-10+. The smallest absolute Gasteiger partial charge is 0.261 e. The predicted molar refractivity (Wildman–Crippen MR) is 107 cm³/mol. The van der Waals surface area contributed by atoms with Crippen LogP contribution in [-0.4, -0.2) is 22.6 Å². The van der Waals surface area contributed by atoms with Crippen LogP contribution in [-0.2, 0) is 0 Å². The third-order valence-corrected chi connectivity index (χ3v) is 4.34. The van der Waals surface area contributed by atoms with Gasteiger partial charge in [-0.3, -0.25) is 9.36 Å². The fourth-order valence-corrected chi connectivity index (χ4v) is 3.00. The van der Waals surface area contributed by atoms with Crippen LogP contribution in [0.5, 0.6) is 0 Å². The normalized spacial score (nSPS) is 14.8. The van der Waals surface area contributed by atoms with Crippen LogP contribution in [0, 0.1) is 0 Å². The summed E-state index contributed by atoms with van der Waals surface area (Å²) >= 11 is 0. The second kappa shape index (κ2) is 8.58. The Bertz CT molecular complexity index is 861. The van der Waals surface area contributed by atoms with Gasteiger partial charge in [0, 0.05) is 17.7 Å². The van der Waals surface area contributed by atoms with Gasteiger partial charge in [-0.25, -0.2) is 4.98 Å². The van der Waals surface area contributed by atoms with E-state index in [1.165, 1.54) is 0 Å². The maximum absolute atomic E-state index is 13.2. The van der Waals surface area contributed by atoms with Gasteiger partial charge in [-0.1, -0.05) is 43.0 Å². The maximum Gasteiger partial charge on any atom is 0.261 e. The van der Waals surface area contributed by atoms with Crippen LogP contribution in [0.3, 0.4) is 0 Å². The molecule has 0 radical (unpaired) electrons. The van der Waals surface area contributed by atoms with E-state index in [-0.39, 0.29) is 11.6 Å². The molecule has 0 aliphatic heterocycles. The summed E-state index contributed by atoms with van der Waals surface area (Å²) in [4.78, 5) is 18.0. The number of nitrogens with one attached hydrogen (secondary N) is 1. The molecule has 1 heterocycles. The van der Waals surface area contributed by atoms with E-state index in [9.17, 15) is 4.79 Å². The molecule has 1 aromatic carbocycles. The van der Waals surface area contributed by atoms with Gasteiger partial charge in [0.1, 0.15) is 5.82 Å². The lowest BCUT2D eigenvalue weighted by molar-refractivity contribution is 0.419. The molecule has 132 valence electrons. The first-order valence-electron chi connectivity index (χ1n) is 8.67. The van der Waals surface area contributed by atoms with Crippen molar-refractivity contribution >= 4 is 16.5 Å². The molecule has 2 rings (SSSR count). The molecule has 0 amide bonds. The van der Waals surface area contributed by atoms with Crippen LogP contribution >= 0.6 is 0 Å². The Morgan fingerprint density at radius 2 is 2.08 bits per heavy atom. The lowest BCUT2D eigenvalue weighted by atomic mass is 10.1. The highest BCUT2D eigenvalue weighted by molar-refractivity contribution is 5.81. The van der Waals surface area contributed by atoms with Crippen LogP contribution in [0.15, 0.2) is 59.9 Å². The summed E-state index contributed by atoms with van der Waals surface area (Å²) in [5.41, 5.74) is 1.59. The largest absolute Gasteiger partial charge is 0.317 e. The molecule has 0 spiro atoms. The molecule has 25 heavy (non-hydrogen) atoms. The summed E-state index contributed by atoms with van der Waals surface area (Å²) < 4.78 is 1.81. The van der Waals surface area contributed by atoms with E-state index >= 15 is 0 Å². The number of nitrogens with zero attached hydrogens (tertiary/aromatic N) is 2. The lowest BCUT2D eigenvalue weighted by Gasteiger charge is -2.23. The minimum atomic E-state index is -0.00383. The quantitative estimate of drug-likeness (QED) is 0.774. The molecular formula is C21H27N3O. The van der Waals surface area contributed by atoms with Crippen molar-refractivity contribution in [1.82, 2.24) is 14.9 Å². The van der Waals surface area contributed by atoms with Crippen LogP contribution in [0.25, 0.3) is 16.5 Å². The first-order valence-corrected chi connectivity index (χ1v) is 8.67. The molecule has 0 fully saturated rings. The van der Waals surface area contributed by atoms with Gasteiger partial charge in [0.25, 0.3) is 5.56 Å². The van der Waals surface area contributed by atoms with Crippen molar-refractivity contribution in [3.05, 3.63) is 71.3 Å². The molecule has 0 saturated heterocycles. The molecule has 1 aromatic heterocycles. The SMILES string of the molecule is C=C/C=C(\C=C/C)c1nc2ccccc2c(=O)n1C(C)CC(C)NC. The Morgan fingerprint density at radius 1 is 1.36 bits per heavy atom. The van der Waals surface area contributed by atoms with Gasteiger partial charge in [0.15, 0.2) is 0 Å². The third kappa shape index (κ3) is 4.15. The minimum Gasteiger partial charge on any atom is -0.317 e. The van der Waals surface area contributed by atoms with Crippen molar-refractivity contribution in [2.24, 2.45) is 0 Å². The zero-order valence-corrected chi connectivity index (χ0v) is 15.5. The third-order valence-electron chi connectivity index (χ3n) is 4.34. The summed E-state index contributed by atoms with van der Waals surface area (Å²) in [5, 5.41) is 3.89. The van der Waals surface area contributed by atoms with Crippen molar-refractivity contribution in [3.8, 4) is 0 Å². The minimum absolute atomic E-state index is 0.00383. The lowest BCUT2D eigenvalue weighted by Crippen LogP contribution is -2.32. The average Bonchev–Trinajstić information content (AvgIpc) is 2.61. The Morgan fingerprint density at radius 3 is 2.72 bits per heavy atom. The molecule has 2 unspecified atom stereocenters. The molecule has 2 atom stereocenters. The first-order chi connectivity index (χ1) is 12.0. The Balaban J connectivity index is 2.77. The molecule has 0 saturated carbocycles. The van der Waals surface area contributed by atoms with Crippen molar-refractivity contribution in [2.45, 2.75) is 39.3 Å². The highest BCUT2D eigenvalue weighted by atomic mass is 16.1. The predicted octanol–water partition coefficient (Wildman–Crippen LogP) is 4.10. The van der Waals surface area contributed by atoms with Crippen molar-refractivity contribution < 1.29 is 0 Å². The fraction of sp³-hybridized carbons (Fsp3) is 0.333. The molecular weight excluding hydrogens is 310 g/mol. The molecule has 1 N–H and O–H groups in total. The highest BCUT2D eigenvalue weighted by Gasteiger charge is 2.19. The fourth-order valence-electron chi connectivity index (χ4n) is 3.00. The van der Waals surface area contributed by atoms with Crippen molar-refractivity contribution in [3.63, 3.8) is 0 Å². The van der Waals surface area contributed by atoms with Gasteiger partial charge in [0.05, 0.1) is 10.9 Å². The van der Waals surface area contributed by atoms with Crippen LogP contribution < -0.4 is 10.9 Å². The number of aromatic nitrogens is 2. The van der Waals surface area contributed by atoms with E-state index in [0.717, 1.165) is 12.0 Å². The maximum atomic E-state index is 13.2. The second-order valence-corrected chi connectivity index (χ2v) is 6.26. The van der Waals surface area contributed by atoms with Crippen LogP contribution in [0.2, 0.25) is 0 Å². The zero-order valence-electron chi connectivity index (χ0n) is 15.5. The topological polar surface area (TPSA) is 46.9 Å². The Kier molecular flexibility index (Phi) is 6.48.